The number of thiazole rings is 1. The molecule has 4 nitrogen and oxygen atoms in total. The smallest absolute Gasteiger partial charge is 0.209 e. The number of hydrogen-bond acceptors (Lipinski definition) is 5. The van der Waals surface area contributed by atoms with Crippen molar-refractivity contribution in [2.24, 2.45) is 0 Å². The lowest BCUT2D eigenvalue weighted by Gasteiger charge is -1.96. The Labute approximate surface area is 154 Å². The third-order valence-corrected chi connectivity index (χ3v) is 5.53. The van der Waals surface area contributed by atoms with Crippen LogP contribution in [0.3, 0.4) is 0 Å². The fourth-order valence-corrected chi connectivity index (χ4v) is 4.00. The van der Waals surface area contributed by atoms with Crippen LogP contribution in [0.4, 0.5) is 0 Å². The predicted molar refractivity (Wildman–Crippen MR) is 104 cm³/mol. The molecule has 0 saturated heterocycles. The second kappa shape index (κ2) is 7.21. The van der Waals surface area contributed by atoms with E-state index in [4.69, 9.17) is 4.98 Å². The van der Waals surface area contributed by atoms with Gasteiger partial charge in [-0.3, -0.25) is 5.10 Å². The zero-order valence-corrected chi connectivity index (χ0v) is 15.3. The molecule has 2 aromatic carbocycles. The molecule has 0 radical (unpaired) electrons. The summed E-state index contributed by atoms with van der Waals surface area (Å²) in [5.41, 5.74) is 4.49. The molecule has 4 rings (SSSR count). The molecule has 124 valence electrons. The molecular formula is C19H16N4S2. The minimum absolute atomic E-state index is 0.741. The van der Waals surface area contributed by atoms with Gasteiger partial charge in [0.2, 0.25) is 5.16 Å². The lowest BCUT2D eigenvalue weighted by atomic mass is 10.1. The van der Waals surface area contributed by atoms with Gasteiger partial charge < -0.3 is 0 Å². The lowest BCUT2D eigenvalue weighted by molar-refractivity contribution is 0.972. The van der Waals surface area contributed by atoms with E-state index in [1.54, 1.807) is 23.1 Å². The Bertz CT molecular complexity index is 959. The second-order valence-corrected chi connectivity index (χ2v) is 7.43. The molecule has 2 heterocycles. The third-order valence-electron chi connectivity index (χ3n) is 3.71. The number of aromatic amines is 1. The van der Waals surface area contributed by atoms with Gasteiger partial charge in [0.05, 0.1) is 5.69 Å². The normalized spacial score (nSPS) is 10.9. The minimum atomic E-state index is 0.741. The maximum absolute atomic E-state index is 4.70. The molecule has 0 amide bonds. The topological polar surface area (TPSA) is 54.5 Å². The quantitative estimate of drug-likeness (QED) is 0.495. The number of H-pyrrole nitrogens is 1. The summed E-state index contributed by atoms with van der Waals surface area (Å²) in [7, 11) is 0. The van der Waals surface area contributed by atoms with E-state index in [-0.39, 0.29) is 0 Å². The molecule has 6 heteroatoms. The predicted octanol–water partition coefficient (Wildman–Crippen LogP) is 5.20. The Morgan fingerprint density at radius 3 is 2.56 bits per heavy atom. The van der Waals surface area contributed by atoms with Crippen LogP contribution in [-0.4, -0.2) is 20.2 Å². The van der Waals surface area contributed by atoms with Crippen LogP contribution < -0.4 is 0 Å². The van der Waals surface area contributed by atoms with Crippen LogP contribution in [0.5, 0.6) is 0 Å². The van der Waals surface area contributed by atoms with Crippen molar-refractivity contribution in [1.29, 1.82) is 0 Å². The molecule has 0 bridgehead atoms. The minimum Gasteiger partial charge on any atom is -0.258 e. The average Bonchev–Trinajstić information content (AvgIpc) is 3.31. The molecule has 0 saturated carbocycles. The number of hydrogen-bond donors (Lipinski definition) is 1. The Morgan fingerprint density at radius 1 is 0.960 bits per heavy atom. The molecule has 4 aromatic rings. The van der Waals surface area contributed by atoms with Crippen LogP contribution in [-0.2, 0) is 5.75 Å². The number of rotatable bonds is 5. The summed E-state index contributed by atoms with van der Waals surface area (Å²) >= 11 is 3.26. The summed E-state index contributed by atoms with van der Waals surface area (Å²) in [4.78, 5) is 9.26. The Hall–Kier alpha value is -2.44. The monoisotopic (exact) mass is 364 g/mol. The molecular weight excluding hydrogens is 348 g/mol. The van der Waals surface area contributed by atoms with E-state index in [0.29, 0.717) is 0 Å². The van der Waals surface area contributed by atoms with Crippen molar-refractivity contribution in [3.63, 3.8) is 0 Å². The second-order valence-electron chi connectivity index (χ2n) is 5.63. The third kappa shape index (κ3) is 3.81. The highest BCUT2D eigenvalue weighted by Crippen LogP contribution is 2.27. The highest BCUT2D eigenvalue weighted by Gasteiger charge is 2.09. The number of aromatic nitrogens is 4. The summed E-state index contributed by atoms with van der Waals surface area (Å²) in [6, 6.07) is 18.5. The van der Waals surface area contributed by atoms with Gasteiger partial charge in [-0.25, -0.2) is 9.97 Å². The highest BCUT2D eigenvalue weighted by atomic mass is 32.2. The SMILES string of the molecule is Cc1ccc(-c2nc(SCc3csc(-c4ccccc4)n3)n[nH]2)cc1. The first-order chi connectivity index (χ1) is 12.3. The van der Waals surface area contributed by atoms with Crippen molar-refractivity contribution in [3.05, 3.63) is 71.2 Å². The number of benzene rings is 2. The summed E-state index contributed by atoms with van der Waals surface area (Å²) in [6.45, 7) is 2.07. The van der Waals surface area contributed by atoms with Gasteiger partial charge in [-0.2, -0.15) is 0 Å². The van der Waals surface area contributed by atoms with Crippen LogP contribution in [0, 0.1) is 6.92 Å². The van der Waals surface area contributed by atoms with Gasteiger partial charge in [0, 0.05) is 22.3 Å². The van der Waals surface area contributed by atoms with E-state index in [0.717, 1.165) is 38.6 Å². The molecule has 0 atom stereocenters. The maximum atomic E-state index is 4.70. The standard InChI is InChI=1S/C19H16N4S2/c1-13-7-9-14(10-8-13)17-21-19(23-22-17)25-12-16-11-24-18(20-16)15-5-3-2-4-6-15/h2-11H,12H2,1H3,(H,21,22,23). The van der Waals surface area contributed by atoms with Crippen molar-refractivity contribution in [3.8, 4) is 22.0 Å². The maximum Gasteiger partial charge on any atom is 0.209 e. The van der Waals surface area contributed by atoms with E-state index in [2.05, 4.69) is 63.9 Å². The number of thioether (sulfide) groups is 1. The van der Waals surface area contributed by atoms with Crippen molar-refractivity contribution in [2.75, 3.05) is 0 Å². The first kappa shape index (κ1) is 16.1. The molecule has 2 aromatic heterocycles. The fourth-order valence-electron chi connectivity index (χ4n) is 2.38. The van der Waals surface area contributed by atoms with Gasteiger partial charge in [-0.1, -0.05) is 71.9 Å². The number of nitrogens with one attached hydrogen (secondary N) is 1. The zero-order valence-electron chi connectivity index (χ0n) is 13.6. The summed E-state index contributed by atoms with van der Waals surface area (Å²) in [6.07, 6.45) is 0. The van der Waals surface area contributed by atoms with Crippen molar-refractivity contribution < 1.29 is 0 Å². The van der Waals surface area contributed by atoms with E-state index >= 15 is 0 Å². The lowest BCUT2D eigenvalue weighted by Crippen LogP contribution is -1.83. The molecule has 0 spiro atoms. The molecule has 1 N–H and O–H groups in total. The molecule has 25 heavy (non-hydrogen) atoms. The average molecular weight is 364 g/mol. The van der Waals surface area contributed by atoms with E-state index < -0.39 is 0 Å². The van der Waals surface area contributed by atoms with Crippen molar-refractivity contribution in [2.45, 2.75) is 17.8 Å². The van der Waals surface area contributed by atoms with Crippen LogP contribution >= 0.6 is 23.1 Å². The van der Waals surface area contributed by atoms with Crippen LogP contribution in [0.2, 0.25) is 0 Å². The molecule has 0 fully saturated rings. The number of aryl methyl sites for hydroxylation is 1. The molecule has 0 unspecified atom stereocenters. The first-order valence-corrected chi connectivity index (χ1v) is 9.76. The highest BCUT2D eigenvalue weighted by molar-refractivity contribution is 7.98. The van der Waals surface area contributed by atoms with Gasteiger partial charge in [-0.15, -0.1) is 16.4 Å². The Balaban J connectivity index is 1.42. The largest absolute Gasteiger partial charge is 0.258 e. The van der Waals surface area contributed by atoms with Crippen molar-refractivity contribution >= 4 is 23.1 Å². The van der Waals surface area contributed by atoms with Gasteiger partial charge in [-0.05, 0) is 6.92 Å². The molecule has 0 aliphatic rings. The fraction of sp³-hybridized carbons (Fsp3) is 0.105. The van der Waals surface area contributed by atoms with Crippen molar-refractivity contribution in [1.82, 2.24) is 20.2 Å². The van der Waals surface area contributed by atoms with Crippen LogP contribution in [0.1, 0.15) is 11.3 Å². The van der Waals surface area contributed by atoms with Gasteiger partial charge in [0.15, 0.2) is 5.82 Å². The van der Waals surface area contributed by atoms with E-state index in [9.17, 15) is 0 Å². The summed E-state index contributed by atoms with van der Waals surface area (Å²) in [5.74, 6) is 1.56. The summed E-state index contributed by atoms with van der Waals surface area (Å²) in [5, 5.41) is 11.2. The first-order valence-electron chi connectivity index (χ1n) is 7.90. The Morgan fingerprint density at radius 2 is 1.76 bits per heavy atom. The number of nitrogens with zero attached hydrogens (tertiary/aromatic N) is 3. The summed E-state index contributed by atoms with van der Waals surface area (Å²) < 4.78 is 0. The van der Waals surface area contributed by atoms with Crippen LogP contribution in [0.15, 0.2) is 65.1 Å². The van der Waals surface area contributed by atoms with E-state index in [1.807, 2.05) is 18.2 Å². The van der Waals surface area contributed by atoms with E-state index in [1.165, 1.54) is 5.56 Å². The zero-order chi connectivity index (χ0) is 17.1. The van der Waals surface area contributed by atoms with Gasteiger partial charge in [0.1, 0.15) is 5.01 Å². The molecule has 0 aliphatic heterocycles. The van der Waals surface area contributed by atoms with Gasteiger partial charge in [0.25, 0.3) is 0 Å². The van der Waals surface area contributed by atoms with Crippen LogP contribution in [0.25, 0.3) is 22.0 Å². The Kier molecular flexibility index (Phi) is 4.63. The van der Waals surface area contributed by atoms with Gasteiger partial charge >= 0.3 is 0 Å². The molecule has 0 aliphatic carbocycles.